The Morgan fingerprint density at radius 1 is 1.08 bits per heavy atom. The molecule has 8 heteroatoms. The Hall–Kier alpha value is -3.52. The van der Waals surface area contributed by atoms with Crippen LogP contribution in [0.1, 0.15) is 49.7 Å². The van der Waals surface area contributed by atoms with E-state index >= 15 is 0 Å². The quantitative estimate of drug-likeness (QED) is 0.373. The molecule has 0 radical (unpaired) electrons. The van der Waals surface area contributed by atoms with Gasteiger partial charge in [0.2, 0.25) is 0 Å². The second-order valence-electron chi connectivity index (χ2n) is 10.3. The molecule has 0 amide bonds. The molecule has 37 heavy (non-hydrogen) atoms. The Bertz CT molecular complexity index is 1440. The number of aromatic nitrogens is 3. The van der Waals surface area contributed by atoms with E-state index in [1.165, 1.54) is 18.0 Å². The molecule has 192 valence electrons. The third-order valence-corrected chi connectivity index (χ3v) is 7.45. The first-order chi connectivity index (χ1) is 18.0. The number of ether oxygens (including phenoxy) is 1. The van der Waals surface area contributed by atoms with E-state index in [-0.39, 0.29) is 17.5 Å². The molecule has 6 nitrogen and oxygen atoms in total. The smallest absolute Gasteiger partial charge is 0.178 e. The van der Waals surface area contributed by atoms with Gasteiger partial charge in [-0.15, -0.1) is 0 Å². The van der Waals surface area contributed by atoms with Crippen molar-refractivity contribution < 1.29 is 13.5 Å². The standard InChI is InChI=1S/C29H31F2N5O/c1-17(2)36-9-10-37-29-22(30)13-21(15-26(29)36)28-23(31)16-33-27(35-28)12-18-3-4-24-20(11-18)14-25(34-24)19-5-7-32-8-6-19/h3-4,11,13-17,19,32,34H,5-10,12H2,1-2H3. The molecule has 0 spiro atoms. The number of aromatic amines is 1. The fourth-order valence-electron chi connectivity index (χ4n) is 5.52. The van der Waals surface area contributed by atoms with Crippen molar-refractivity contribution in [3.8, 4) is 17.0 Å². The van der Waals surface area contributed by atoms with Crippen molar-refractivity contribution in [1.29, 1.82) is 0 Å². The maximum atomic E-state index is 15.0. The maximum absolute atomic E-state index is 15.0. The molecular weight excluding hydrogens is 472 g/mol. The van der Waals surface area contributed by atoms with Gasteiger partial charge in [0.15, 0.2) is 17.4 Å². The van der Waals surface area contributed by atoms with Crippen LogP contribution in [-0.2, 0) is 6.42 Å². The molecule has 2 aliphatic rings. The molecule has 0 atom stereocenters. The lowest BCUT2D eigenvalue weighted by Gasteiger charge is -2.34. The molecule has 4 aromatic rings. The molecule has 4 heterocycles. The first-order valence-corrected chi connectivity index (χ1v) is 13.0. The third kappa shape index (κ3) is 4.66. The van der Waals surface area contributed by atoms with Crippen LogP contribution in [0.5, 0.6) is 5.75 Å². The van der Waals surface area contributed by atoms with E-state index < -0.39 is 11.6 Å². The zero-order valence-electron chi connectivity index (χ0n) is 21.2. The average Bonchev–Trinajstić information content (AvgIpc) is 3.33. The van der Waals surface area contributed by atoms with Crippen molar-refractivity contribution in [2.75, 3.05) is 31.1 Å². The van der Waals surface area contributed by atoms with Gasteiger partial charge in [-0.25, -0.2) is 18.7 Å². The minimum atomic E-state index is -0.580. The van der Waals surface area contributed by atoms with Crippen LogP contribution in [0.25, 0.3) is 22.2 Å². The molecule has 0 unspecified atom stereocenters. The Morgan fingerprint density at radius 2 is 1.92 bits per heavy atom. The zero-order chi connectivity index (χ0) is 25.5. The molecule has 2 aromatic carbocycles. The van der Waals surface area contributed by atoms with Crippen LogP contribution in [-0.4, -0.2) is 47.2 Å². The van der Waals surface area contributed by atoms with E-state index in [9.17, 15) is 8.78 Å². The van der Waals surface area contributed by atoms with Crippen molar-refractivity contribution >= 4 is 16.6 Å². The van der Waals surface area contributed by atoms with Crippen molar-refractivity contribution in [3.05, 3.63) is 71.3 Å². The van der Waals surface area contributed by atoms with Crippen molar-refractivity contribution in [3.63, 3.8) is 0 Å². The molecule has 0 aliphatic carbocycles. The van der Waals surface area contributed by atoms with Gasteiger partial charge in [0.1, 0.15) is 18.1 Å². The molecule has 1 saturated heterocycles. The van der Waals surface area contributed by atoms with Gasteiger partial charge in [0, 0.05) is 35.2 Å². The van der Waals surface area contributed by atoms with Gasteiger partial charge in [0.05, 0.1) is 18.4 Å². The van der Waals surface area contributed by atoms with Crippen LogP contribution in [0.3, 0.4) is 0 Å². The lowest BCUT2D eigenvalue weighted by atomic mass is 9.95. The molecule has 2 aromatic heterocycles. The van der Waals surface area contributed by atoms with Gasteiger partial charge >= 0.3 is 0 Å². The summed E-state index contributed by atoms with van der Waals surface area (Å²) in [5.74, 6) is 0.152. The van der Waals surface area contributed by atoms with E-state index in [2.05, 4.69) is 43.4 Å². The highest BCUT2D eigenvalue weighted by Gasteiger charge is 2.26. The van der Waals surface area contributed by atoms with Crippen molar-refractivity contribution in [2.45, 2.75) is 45.1 Å². The number of hydrogen-bond acceptors (Lipinski definition) is 5. The fourth-order valence-corrected chi connectivity index (χ4v) is 5.52. The summed E-state index contributed by atoms with van der Waals surface area (Å²) in [5, 5.41) is 4.57. The highest BCUT2D eigenvalue weighted by atomic mass is 19.1. The Morgan fingerprint density at radius 3 is 2.73 bits per heavy atom. The van der Waals surface area contributed by atoms with Crippen molar-refractivity contribution in [2.24, 2.45) is 0 Å². The normalized spacial score (nSPS) is 16.3. The minimum Gasteiger partial charge on any atom is -0.486 e. The summed E-state index contributed by atoms with van der Waals surface area (Å²) in [6.07, 6.45) is 3.90. The second-order valence-corrected chi connectivity index (χ2v) is 10.3. The van der Waals surface area contributed by atoms with Gasteiger partial charge < -0.3 is 19.9 Å². The maximum Gasteiger partial charge on any atom is 0.178 e. The van der Waals surface area contributed by atoms with E-state index in [0.29, 0.717) is 42.6 Å². The predicted octanol–water partition coefficient (Wildman–Crippen LogP) is 5.57. The first kappa shape index (κ1) is 23.9. The largest absolute Gasteiger partial charge is 0.486 e. The lowest BCUT2D eigenvalue weighted by molar-refractivity contribution is 0.287. The highest BCUT2D eigenvalue weighted by molar-refractivity contribution is 5.81. The van der Waals surface area contributed by atoms with Crippen LogP contribution in [0, 0.1) is 11.6 Å². The number of rotatable bonds is 5. The molecule has 1 fully saturated rings. The molecular formula is C29H31F2N5O. The number of piperidine rings is 1. The Labute approximate surface area is 215 Å². The molecule has 2 aliphatic heterocycles. The summed E-state index contributed by atoms with van der Waals surface area (Å²) in [4.78, 5) is 14.4. The van der Waals surface area contributed by atoms with Gasteiger partial charge in [-0.2, -0.15) is 0 Å². The first-order valence-electron chi connectivity index (χ1n) is 13.0. The van der Waals surface area contributed by atoms with E-state index in [1.54, 1.807) is 6.07 Å². The molecule has 6 rings (SSSR count). The third-order valence-electron chi connectivity index (χ3n) is 7.45. The summed E-state index contributed by atoms with van der Waals surface area (Å²) in [5.41, 5.74) is 4.52. The summed E-state index contributed by atoms with van der Waals surface area (Å²) >= 11 is 0. The van der Waals surface area contributed by atoms with E-state index in [1.807, 2.05) is 19.9 Å². The van der Waals surface area contributed by atoms with Gasteiger partial charge in [-0.1, -0.05) is 6.07 Å². The number of nitrogens with one attached hydrogen (secondary N) is 2. The number of benzene rings is 2. The lowest BCUT2D eigenvalue weighted by Crippen LogP contribution is -2.38. The van der Waals surface area contributed by atoms with Gasteiger partial charge in [-0.3, -0.25) is 0 Å². The van der Waals surface area contributed by atoms with Crippen LogP contribution in [0.15, 0.2) is 42.6 Å². The van der Waals surface area contributed by atoms with E-state index in [0.717, 1.165) is 42.4 Å². The van der Waals surface area contributed by atoms with E-state index in [4.69, 9.17) is 4.74 Å². The summed E-state index contributed by atoms with van der Waals surface area (Å²) in [6.45, 7) is 7.24. The highest BCUT2D eigenvalue weighted by Crippen LogP contribution is 2.39. The topological polar surface area (TPSA) is 66.1 Å². The molecule has 0 saturated carbocycles. The number of anilines is 1. The van der Waals surface area contributed by atoms with Crippen LogP contribution in [0.4, 0.5) is 14.5 Å². The Kier molecular flexibility index (Phi) is 6.28. The van der Waals surface area contributed by atoms with Gasteiger partial charge in [-0.05, 0) is 81.1 Å². The summed E-state index contributed by atoms with van der Waals surface area (Å²) < 4.78 is 35.5. The monoisotopic (exact) mass is 503 g/mol. The Balaban J connectivity index is 1.30. The van der Waals surface area contributed by atoms with Crippen LogP contribution in [0.2, 0.25) is 0 Å². The second kappa shape index (κ2) is 9.74. The summed E-state index contributed by atoms with van der Waals surface area (Å²) in [6, 6.07) is 11.7. The number of fused-ring (bicyclic) bond motifs is 2. The zero-order valence-corrected chi connectivity index (χ0v) is 21.2. The minimum absolute atomic E-state index is 0.0943. The fraction of sp³-hybridized carbons (Fsp3) is 0.379. The SMILES string of the molecule is CC(C)N1CCOc2c(F)cc(-c3nc(Cc4ccc5[nH]c(C6CCNCC6)cc5c4)ncc3F)cc21. The van der Waals surface area contributed by atoms with Gasteiger partial charge in [0.25, 0.3) is 0 Å². The van der Waals surface area contributed by atoms with Crippen LogP contribution >= 0.6 is 0 Å². The van der Waals surface area contributed by atoms with Crippen LogP contribution < -0.4 is 15.0 Å². The summed E-state index contributed by atoms with van der Waals surface area (Å²) in [7, 11) is 0. The van der Waals surface area contributed by atoms with Crippen molar-refractivity contribution in [1.82, 2.24) is 20.3 Å². The molecule has 2 N–H and O–H groups in total. The number of hydrogen-bond donors (Lipinski definition) is 2. The number of halogens is 2. The molecule has 0 bridgehead atoms. The average molecular weight is 504 g/mol. The number of nitrogens with zero attached hydrogens (tertiary/aromatic N) is 3. The predicted molar refractivity (Wildman–Crippen MR) is 141 cm³/mol. The number of H-pyrrole nitrogens is 1.